The number of halogens is 2. The lowest BCUT2D eigenvalue weighted by Gasteiger charge is -2.34. The van der Waals surface area contributed by atoms with Crippen LogP contribution >= 0.6 is 11.8 Å². The fraction of sp³-hybridized carbons (Fsp3) is 0.333. The molecule has 1 aliphatic carbocycles. The van der Waals surface area contributed by atoms with Gasteiger partial charge in [0.05, 0.1) is 35.7 Å². The third-order valence-corrected chi connectivity index (χ3v) is 7.43. The highest BCUT2D eigenvalue weighted by Crippen LogP contribution is 2.65. The van der Waals surface area contributed by atoms with Gasteiger partial charge >= 0.3 is 0 Å². The lowest BCUT2D eigenvalue weighted by Crippen LogP contribution is -2.37. The summed E-state index contributed by atoms with van der Waals surface area (Å²) < 4.78 is 34.3. The van der Waals surface area contributed by atoms with Gasteiger partial charge in [-0.1, -0.05) is 11.8 Å². The van der Waals surface area contributed by atoms with Gasteiger partial charge in [-0.15, -0.1) is 0 Å². The van der Waals surface area contributed by atoms with E-state index in [0.717, 1.165) is 6.07 Å². The van der Waals surface area contributed by atoms with E-state index in [2.05, 4.69) is 25.3 Å². The number of nitrogens with zero attached hydrogens (tertiary/aromatic N) is 4. The molecule has 166 valence electrons. The number of aliphatic hydroxyl groups is 1. The summed E-state index contributed by atoms with van der Waals surface area (Å²) in [5.41, 5.74) is 6.21. The molecule has 0 amide bonds. The van der Waals surface area contributed by atoms with Crippen LogP contribution in [0.5, 0.6) is 5.75 Å². The van der Waals surface area contributed by atoms with Crippen molar-refractivity contribution in [3.63, 3.8) is 0 Å². The van der Waals surface area contributed by atoms with Crippen LogP contribution in [0.4, 0.5) is 20.3 Å². The molecule has 1 aliphatic heterocycles. The van der Waals surface area contributed by atoms with Crippen molar-refractivity contribution in [3.8, 4) is 5.75 Å². The van der Waals surface area contributed by atoms with E-state index in [0.29, 0.717) is 29.0 Å². The van der Waals surface area contributed by atoms with Crippen molar-refractivity contribution in [2.45, 2.75) is 23.6 Å². The Labute approximate surface area is 186 Å². The molecular weight excluding hydrogens is 438 g/mol. The van der Waals surface area contributed by atoms with Crippen LogP contribution in [0.2, 0.25) is 0 Å². The standard InChI is InChI=1S/C21H20F2N6O2S/c1-20(15-6-21(15,8-30)32-19(24)29-20)12-3-10(4-13(22)16(12)23)28-18-17-14(26-9-27-18)5-11(31-2)7-25-17/h3-5,7,9,15,30H,6,8H2,1-2H3,(H2,24,29)(H,26,27,28)/t15-,20+,21-/m0/s1. The molecule has 1 fully saturated rings. The van der Waals surface area contributed by atoms with Crippen LogP contribution in [0.25, 0.3) is 11.0 Å². The summed E-state index contributed by atoms with van der Waals surface area (Å²) >= 11 is 1.29. The van der Waals surface area contributed by atoms with E-state index in [4.69, 9.17) is 10.5 Å². The van der Waals surface area contributed by atoms with Crippen molar-refractivity contribution < 1.29 is 18.6 Å². The number of aliphatic hydroxyl groups excluding tert-OH is 1. The minimum atomic E-state index is -1.11. The highest BCUT2D eigenvalue weighted by Gasteiger charge is 2.66. The smallest absolute Gasteiger partial charge is 0.164 e. The number of pyridine rings is 1. The van der Waals surface area contributed by atoms with Crippen LogP contribution in [0.3, 0.4) is 0 Å². The molecule has 3 aromatic rings. The molecule has 0 radical (unpaired) electrons. The molecule has 4 N–H and O–H groups in total. The molecule has 8 nitrogen and oxygen atoms in total. The van der Waals surface area contributed by atoms with Crippen molar-refractivity contribution in [2.75, 3.05) is 19.0 Å². The molecular formula is C21H20F2N6O2S. The Bertz CT molecular complexity index is 1270. The number of hydrogen-bond acceptors (Lipinski definition) is 9. The molecule has 5 rings (SSSR count). The van der Waals surface area contributed by atoms with Gasteiger partial charge in [0.25, 0.3) is 0 Å². The van der Waals surface area contributed by atoms with E-state index in [-0.39, 0.29) is 28.9 Å². The third-order valence-electron chi connectivity index (χ3n) is 6.14. The van der Waals surface area contributed by atoms with Crippen molar-refractivity contribution >= 4 is 39.5 Å². The number of fused-ring (bicyclic) bond motifs is 2. The van der Waals surface area contributed by atoms with Gasteiger partial charge in [0.1, 0.15) is 17.6 Å². The Kier molecular flexibility index (Phi) is 4.71. The fourth-order valence-electron chi connectivity index (χ4n) is 4.40. The van der Waals surface area contributed by atoms with Gasteiger partial charge in [0, 0.05) is 29.3 Å². The number of anilines is 2. The van der Waals surface area contributed by atoms with Crippen molar-refractivity contribution in [1.29, 1.82) is 0 Å². The van der Waals surface area contributed by atoms with E-state index in [1.807, 2.05) is 0 Å². The predicted octanol–water partition coefficient (Wildman–Crippen LogP) is 3.08. The van der Waals surface area contributed by atoms with Gasteiger partial charge in [-0.2, -0.15) is 0 Å². The van der Waals surface area contributed by atoms with E-state index < -0.39 is 21.9 Å². The fourth-order valence-corrected chi connectivity index (χ4v) is 5.74. The molecule has 0 spiro atoms. The molecule has 0 saturated heterocycles. The maximum atomic E-state index is 15.0. The first-order valence-corrected chi connectivity index (χ1v) is 10.7. The van der Waals surface area contributed by atoms with Gasteiger partial charge < -0.3 is 20.9 Å². The number of thioether (sulfide) groups is 1. The van der Waals surface area contributed by atoms with Crippen LogP contribution in [-0.2, 0) is 5.54 Å². The average molecular weight is 458 g/mol. The summed E-state index contributed by atoms with van der Waals surface area (Å²) in [6.07, 6.45) is 3.47. The number of ether oxygens (including phenoxy) is 1. The summed E-state index contributed by atoms with van der Waals surface area (Å²) in [7, 11) is 1.52. The van der Waals surface area contributed by atoms with Crippen LogP contribution < -0.4 is 15.8 Å². The highest BCUT2D eigenvalue weighted by molar-refractivity contribution is 8.15. The Balaban J connectivity index is 1.57. The molecule has 32 heavy (non-hydrogen) atoms. The normalized spacial score (nSPS) is 26.4. The van der Waals surface area contributed by atoms with E-state index in [1.165, 1.54) is 37.5 Å². The zero-order chi connectivity index (χ0) is 22.7. The topological polar surface area (TPSA) is 119 Å². The highest BCUT2D eigenvalue weighted by atomic mass is 32.2. The van der Waals surface area contributed by atoms with Crippen LogP contribution in [0.1, 0.15) is 18.9 Å². The summed E-state index contributed by atoms with van der Waals surface area (Å²) in [6.45, 7) is 1.61. The first-order chi connectivity index (χ1) is 15.3. The average Bonchev–Trinajstić information content (AvgIpc) is 3.51. The second kappa shape index (κ2) is 7.24. The Morgan fingerprint density at radius 2 is 2.09 bits per heavy atom. The number of hydrogen-bond donors (Lipinski definition) is 3. The summed E-state index contributed by atoms with van der Waals surface area (Å²) in [6, 6.07) is 4.26. The van der Waals surface area contributed by atoms with Crippen molar-refractivity contribution in [3.05, 3.63) is 47.9 Å². The molecule has 11 heteroatoms. The van der Waals surface area contributed by atoms with Crippen molar-refractivity contribution in [1.82, 2.24) is 15.0 Å². The van der Waals surface area contributed by atoms with Crippen LogP contribution in [0, 0.1) is 17.6 Å². The number of benzene rings is 1. The maximum Gasteiger partial charge on any atom is 0.164 e. The molecule has 3 atom stereocenters. The second-order valence-electron chi connectivity index (χ2n) is 8.09. The molecule has 0 unspecified atom stereocenters. The van der Waals surface area contributed by atoms with E-state index >= 15 is 4.39 Å². The number of methoxy groups -OCH3 is 1. The number of rotatable bonds is 5. The monoisotopic (exact) mass is 458 g/mol. The number of aliphatic imine (C=N–C) groups is 1. The summed E-state index contributed by atoms with van der Waals surface area (Å²) in [5, 5.41) is 13.1. The number of amidine groups is 1. The molecule has 1 aromatic carbocycles. The van der Waals surface area contributed by atoms with E-state index in [1.54, 1.807) is 13.0 Å². The van der Waals surface area contributed by atoms with Gasteiger partial charge in [-0.3, -0.25) is 4.99 Å². The summed E-state index contributed by atoms with van der Waals surface area (Å²) in [4.78, 5) is 17.2. The van der Waals surface area contributed by atoms with E-state index in [9.17, 15) is 9.50 Å². The van der Waals surface area contributed by atoms with Gasteiger partial charge in [-0.25, -0.2) is 23.7 Å². The first kappa shape index (κ1) is 20.8. The maximum absolute atomic E-state index is 15.0. The predicted molar refractivity (Wildman–Crippen MR) is 118 cm³/mol. The quantitative estimate of drug-likeness (QED) is 0.534. The Morgan fingerprint density at radius 3 is 2.84 bits per heavy atom. The lowest BCUT2D eigenvalue weighted by molar-refractivity contribution is 0.264. The second-order valence-corrected chi connectivity index (χ2v) is 9.52. The molecule has 2 aliphatic rings. The lowest BCUT2D eigenvalue weighted by atomic mass is 9.85. The number of nitrogens with two attached hydrogens (primary N) is 1. The van der Waals surface area contributed by atoms with Crippen molar-refractivity contribution in [2.24, 2.45) is 16.6 Å². The van der Waals surface area contributed by atoms with Gasteiger partial charge in [0.15, 0.2) is 22.6 Å². The molecule has 3 heterocycles. The first-order valence-electron chi connectivity index (χ1n) is 9.86. The number of nitrogens with one attached hydrogen (secondary N) is 1. The van der Waals surface area contributed by atoms with Gasteiger partial charge in [0.2, 0.25) is 0 Å². The zero-order valence-corrected chi connectivity index (χ0v) is 18.1. The number of aromatic nitrogens is 3. The summed E-state index contributed by atoms with van der Waals surface area (Å²) in [5.74, 6) is -1.32. The largest absolute Gasteiger partial charge is 0.495 e. The Morgan fingerprint density at radius 1 is 1.28 bits per heavy atom. The minimum Gasteiger partial charge on any atom is -0.495 e. The molecule has 0 bridgehead atoms. The van der Waals surface area contributed by atoms with Crippen LogP contribution in [0.15, 0.2) is 35.7 Å². The third kappa shape index (κ3) is 3.15. The Hall–Kier alpha value is -3.05. The van der Waals surface area contributed by atoms with Crippen LogP contribution in [-0.4, -0.2) is 43.7 Å². The molecule has 2 aromatic heterocycles. The molecule has 1 saturated carbocycles. The zero-order valence-electron chi connectivity index (χ0n) is 17.3. The minimum absolute atomic E-state index is 0.0663. The van der Waals surface area contributed by atoms with Gasteiger partial charge in [-0.05, 0) is 19.4 Å². The SMILES string of the molecule is COc1cnc2c(Nc3cc(F)c(F)c([C@@]4(C)N=C(N)S[C@]5(CO)C[C@H]54)c3)ncnc2c1.